The van der Waals surface area contributed by atoms with E-state index in [0.717, 1.165) is 30.8 Å². The van der Waals surface area contributed by atoms with Crippen molar-refractivity contribution >= 4 is 23.4 Å². The smallest absolute Gasteiger partial charge is 0.433 e. The number of aryl methyl sites for hydroxylation is 1. The predicted octanol–water partition coefficient (Wildman–Crippen LogP) is 2.00. The van der Waals surface area contributed by atoms with Crippen molar-refractivity contribution < 1.29 is 27.8 Å². The average Bonchev–Trinajstić information content (AvgIpc) is 2.76. The highest BCUT2D eigenvalue weighted by molar-refractivity contribution is 6.05. The number of alkyl halides is 3. The van der Waals surface area contributed by atoms with Crippen LogP contribution in [0.15, 0.2) is 18.3 Å². The Hall–Kier alpha value is -3.15. The first-order chi connectivity index (χ1) is 15.7. The summed E-state index contributed by atoms with van der Waals surface area (Å²) in [5.41, 5.74) is 0.562. The summed E-state index contributed by atoms with van der Waals surface area (Å²) in [5.74, 6) is 1.21. The number of nitrogens with one attached hydrogen (secondary N) is 1. The molecule has 2 N–H and O–H groups in total. The highest BCUT2D eigenvalue weighted by Gasteiger charge is 2.41. The molecule has 12 heteroatoms. The molecule has 5 rings (SSSR count). The average molecular weight is 464 g/mol. The van der Waals surface area contributed by atoms with Crippen LogP contribution in [0.3, 0.4) is 0 Å². The van der Waals surface area contributed by atoms with Gasteiger partial charge < -0.3 is 25.0 Å². The summed E-state index contributed by atoms with van der Waals surface area (Å²) in [6.45, 7) is 0.285. The number of nitrogens with zero attached hydrogens (tertiary/aromatic N) is 5. The molecule has 2 aromatic rings. The van der Waals surface area contributed by atoms with Gasteiger partial charge >= 0.3 is 6.18 Å². The number of rotatable bonds is 5. The van der Waals surface area contributed by atoms with Crippen molar-refractivity contribution in [1.82, 2.24) is 15.0 Å². The molecule has 3 aliphatic rings. The van der Waals surface area contributed by atoms with Gasteiger partial charge in [0.05, 0.1) is 18.5 Å². The van der Waals surface area contributed by atoms with E-state index in [0.29, 0.717) is 42.6 Å². The Bertz CT molecular complexity index is 1060. The van der Waals surface area contributed by atoms with Gasteiger partial charge in [-0.05, 0) is 25.0 Å². The number of amides is 1. The van der Waals surface area contributed by atoms with E-state index < -0.39 is 17.9 Å². The summed E-state index contributed by atoms with van der Waals surface area (Å²) in [6, 6.07) is 1.55. The molecule has 4 heterocycles. The molecule has 9 nitrogen and oxygen atoms in total. The number of likely N-dealkylation sites (N-methyl/N-ethyl adjacent to an activating group) is 1. The fraction of sp³-hybridized carbons (Fsp3) is 0.524. The molecule has 1 aliphatic carbocycles. The minimum atomic E-state index is -4.48. The highest BCUT2D eigenvalue weighted by atomic mass is 19.4. The summed E-state index contributed by atoms with van der Waals surface area (Å²) in [5, 5.41) is 13.0. The zero-order valence-electron chi connectivity index (χ0n) is 17.8. The molecule has 1 amide bonds. The van der Waals surface area contributed by atoms with Gasteiger partial charge in [0.1, 0.15) is 29.3 Å². The predicted molar refractivity (Wildman–Crippen MR) is 112 cm³/mol. The van der Waals surface area contributed by atoms with Gasteiger partial charge in [-0.1, -0.05) is 0 Å². The van der Waals surface area contributed by atoms with Gasteiger partial charge in [-0.2, -0.15) is 18.2 Å². The maximum absolute atomic E-state index is 12.7. The zero-order chi connectivity index (χ0) is 23.3. The lowest BCUT2D eigenvalue weighted by atomic mass is 9.89. The van der Waals surface area contributed by atoms with E-state index in [1.807, 2.05) is 0 Å². The minimum absolute atomic E-state index is 0.0477. The van der Waals surface area contributed by atoms with Crippen LogP contribution in [-0.4, -0.2) is 64.4 Å². The Morgan fingerprint density at radius 1 is 1.27 bits per heavy atom. The highest BCUT2D eigenvalue weighted by Crippen LogP contribution is 2.40. The second kappa shape index (κ2) is 8.01. The van der Waals surface area contributed by atoms with Crippen molar-refractivity contribution in [3.05, 3.63) is 29.7 Å². The van der Waals surface area contributed by atoms with Crippen LogP contribution in [0.2, 0.25) is 0 Å². The van der Waals surface area contributed by atoms with Crippen molar-refractivity contribution in [3.63, 3.8) is 0 Å². The largest absolute Gasteiger partial charge is 0.489 e. The van der Waals surface area contributed by atoms with E-state index in [1.54, 1.807) is 16.8 Å². The van der Waals surface area contributed by atoms with E-state index in [1.165, 1.54) is 6.07 Å². The number of ether oxygens (including phenoxy) is 1. The summed E-state index contributed by atoms with van der Waals surface area (Å²) < 4.78 is 43.6. The second-order valence-electron chi connectivity index (χ2n) is 8.50. The SMILES string of the molecule is CN1c2nc(N[C@H]3C[C@H](Oc4ccc(C(F)(F)F)nc4)C3)nc3c2N(CCC3)C(=O)[C@@H]1CO. The van der Waals surface area contributed by atoms with Gasteiger partial charge in [0.25, 0.3) is 5.91 Å². The minimum Gasteiger partial charge on any atom is -0.489 e. The number of carbonyl (C=O) groups is 1. The van der Waals surface area contributed by atoms with Gasteiger partial charge in [0.15, 0.2) is 5.82 Å². The maximum Gasteiger partial charge on any atom is 0.433 e. The summed E-state index contributed by atoms with van der Waals surface area (Å²) in [7, 11) is 1.74. The van der Waals surface area contributed by atoms with Crippen LogP contribution in [-0.2, 0) is 17.4 Å². The van der Waals surface area contributed by atoms with Crippen molar-refractivity contribution in [3.8, 4) is 5.75 Å². The number of aliphatic hydroxyl groups excluding tert-OH is 1. The molecule has 33 heavy (non-hydrogen) atoms. The van der Waals surface area contributed by atoms with Crippen molar-refractivity contribution in [2.24, 2.45) is 0 Å². The fourth-order valence-electron chi connectivity index (χ4n) is 4.45. The van der Waals surface area contributed by atoms with E-state index in [4.69, 9.17) is 4.74 Å². The van der Waals surface area contributed by atoms with Crippen molar-refractivity contribution in [2.75, 3.05) is 35.3 Å². The Morgan fingerprint density at radius 3 is 2.73 bits per heavy atom. The molecule has 0 radical (unpaired) electrons. The standard InChI is InChI=1S/C21H23F3N6O3/c1-29-15(10-31)19(32)30-6-2-3-14-17(30)18(29)28-20(27-14)26-11-7-13(8-11)33-12-4-5-16(25-9-12)21(22,23)24/h4-5,9,11,13,15,31H,2-3,6-8,10H2,1H3,(H,26,27,28)/t11-,13-,15-/m0/s1. The summed E-state index contributed by atoms with van der Waals surface area (Å²) in [4.78, 5) is 28.7. The molecule has 2 aliphatic heterocycles. The van der Waals surface area contributed by atoms with Gasteiger partial charge in [0.2, 0.25) is 5.95 Å². The Balaban J connectivity index is 1.25. The number of hydrogen-bond donors (Lipinski definition) is 2. The third-order valence-electron chi connectivity index (χ3n) is 6.29. The van der Waals surface area contributed by atoms with Crippen LogP contribution in [0.25, 0.3) is 0 Å². The van der Waals surface area contributed by atoms with Gasteiger partial charge in [0, 0.05) is 32.5 Å². The monoisotopic (exact) mass is 464 g/mol. The molecule has 2 aromatic heterocycles. The first-order valence-electron chi connectivity index (χ1n) is 10.8. The number of halogens is 3. The number of aromatic nitrogens is 3. The van der Waals surface area contributed by atoms with Crippen molar-refractivity contribution in [1.29, 1.82) is 0 Å². The molecule has 1 saturated carbocycles. The quantitative estimate of drug-likeness (QED) is 0.693. The van der Waals surface area contributed by atoms with Crippen LogP contribution in [0, 0.1) is 0 Å². The number of pyridine rings is 1. The molecule has 0 bridgehead atoms. The number of anilines is 3. The van der Waals surface area contributed by atoms with Crippen molar-refractivity contribution in [2.45, 2.75) is 50.0 Å². The number of aliphatic hydroxyl groups is 1. The lowest BCUT2D eigenvalue weighted by Gasteiger charge is -2.42. The summed E-state index contributed by atoms with van der Waals surface area (Å²) in [6.07, 6.45) is -0.746. The fourth-order valence-corrected chi connectivity index (χ4v) is 4.45. The summed E-state index contributed by atoms with van der Waals surface area (Å²) >= 11 is 0. The van der Waals surface area contributed by atoms with Gasteiger partial charge in [-0.3, -0.25) is 4.79 Å². The Morgan fingerprint density at radius 2 is 2.06 bits per heavy atom. The second-order valence-corrected chi connectivity index (χ2v) is 8.50. The van der Waals surface area contributed by atoms with Crippen LogP contribution >= 0.6 is 0 Å². The molecular formula is C21H23F3N6O3. The molecule has 176 valence electrons. The number of carbonyl (C=O) groups excluding carboxylic acids is 1. The molecular weight excluding hydrogens is 441 g/mol. The Labute approximate surface area is 187 Å². The van der Waals surface area contributed by atoms with Crippen LogP contribution in [0.1, 0.15) is 30.7 Å². The van der Waals surface area contributed by atoms with Gasteiger partial charge in [-0.25, -0.2) is 9.97 Å². The van der Waals surface area contributed by atoms with Gasteiger partial charge in [-0.15, -0.1) is 0 Å². The topological polar surface area (TPSA) is 104 Å². The third kappa shape index (κ3) is 3.92. The third-order valence-corrected chi connectivity index (χ3v) is 6.29. The molecule has 1 atom stereocenters. The number of hydrogen-bond acceptors (Lipinski definition) is 8. The van der Waals surface area contributed by atoms with E-state index in [2.05, 4.69) is 20.3 Å². The zero-order valence-corrected chi connectivity index (χ0v) is 17.8. The lowest BCUT2D eigenvalue weighted by molar-refractivity contribution is -0.141. The Kier molecular flexibility index (Phi) is 5.26. The first kappa shape index (κ1) is 21.7. The molecule has 0 saturated heterocycles. The molecule has 0 spiro atoms. The van der Waals surface area contributed by atoms with Crippen LogP contribution < -0.4 is 19.9 Å². The van der Waals surface area contributed by atoms with E-state index in [-0.39, 0.29) is 24.7 Å². The van der Waals surface area contributed by atoms with E-state index in [9.17, 15) is 23.1 Å². The molecule has 0 aromatic carbocycles. The van der Waals surface area contributed by atoms with E-state index >= 15 is 0 Å². The van der Waals surface area contributed by atoms with Crippen LogP contribution in [0.4, 0.5) is 30.6 Å². The van der Waals surface area contributed by atoms with Crippen LogP contribution in [0.5, 0.6) is 5.75 Å². The molecule has 1 fully saturated rings. The normalized spacial score (nSPS) is 24.3. The first-order valence-corrected chi connectivity index (χ1v) is 10.8. The lowest BCUT2D eigenvalue weighted by Crippen LogP contribution is -2.55. The maximum atomic E-state index is 12.7. The molecule has 0 unspecified atom stereocenters.